The van der Waals surface area contributed by atoms with E-state index in [1.165, 1.54) is 61.4 Å². The lowest BCUT2D eigenvalue weighted by molar-refractivity contribution is 0.893. The molecule has 0 aromatic carbocycles. The minimum absolute atomic E-state index is 1.04. The van der Waals surface area contributed by atoms with Gasteiger partial charge in [-0.25, -0.2) is 0 Å². The maximum absolute atomic E-state index is 4.22. The van der Waals surface area contributed by atoms with E-state index >= 15 is 0 Å². The summed E-state index contributed by atoms with van der Waals surface area (Å²) < 4.78 is 0. The number of allylic oxidation sites excluding steroid dienone is 2. The van der Waals surface area contributed by atoms with Gasteiger partial charge in [0, 0.05) is 21.0 Å². The minimum Gasteiger partial charge on any atom is -0.165 e. The number of thioether (sulfide) groups is 4. The average molecular weight is 561 g/mol. The van der Waals surface area contributed by atoms with Crippen molar-refractivity contribution in [3.05, 3.63) is 81.7 Å². The van der Waals surface area contributed by atoms with Gasteiger partial charge in [-0.05, 0) is 99.7 Å². The van der Waals surface area contributed by atoms with Crippen molar-refractivity contribution in [3.8, 4) is 0 Å². The Morgan fingerprint density at radius 3 is 1.29 bits per heavy atom. The summed E-state index contributed by atoms with van der Waals surface area (Å²) in [5.41, 5.74) is 19.1. The maximum Gasteiger partial charge on any atom is 0.0537 e. The molecule has 0 aromatic rings. The van der Waals surface area contributed by atoms with E-state index in [0.717, 1.165) is 32.5 Å². The molecule has 0 atom stereocenters. The van der Waals surface area contributed by atoms with E-state index in [2.05, 4.69) is 73.2 Å². The highest BCUT2D eigenvalue weighted by atomic mass is 32.2. The molecular formula is C30H44S4Si. The van der Waals surface area contributed by atoms with Crippen LogP contribution in [-0.2, 0) is 0 Å². The van der Waals surface area contributed by atoms with Crippen LogP contribution in [0.2, 0.25) is 24.2 Å². The SMILES string of the molecule is C=C=C=C=C(C)C(=C)SCCC[Si](CCCSC)(CCCSC)CCCSC(=C)C(C)=C=C=C=C. The van der Waals surface area contributed by atoms with Crippen molar-refractivity contribution in [1.29, 1.82) is 0 Å². The predicted octanol–water partition coefficient (Wildman–Crippen LogP) is 10.3. The van der Waals surface area contributed by atoms with Gasteiger partial charge < -0.3 is 0 Å². The van der Waals surface area contributed by atoms with Crippen LogP contribution in [0.3, 0.4) is 0 Å². The van der Waals surface area contributed by atoms with E-state index in [4.69, 9.17) is 0 Å². The van der Waals surface area contributed by atoms with Crippen LogP contribution in [0.1, 0.15) is 39.5 Å². The zero-order chi connectivity index (χ0) is 26.4. The van der Waals surface area contributed by atoms with Crippen molar-refractivity contribution in [2.45, 2.75) is 63.7 Å². The Kier molecular flexibility index (Phi) is 22.0. The topological polar surface area (TPSA) is 0 Å². The molecule has 0 saturated carbocycles. The number of hydrogen-bond donors (Lipinski definition) is 0. The standard InChI is InChI=1S/C30H44S4Si/c1-9-11-17-27(3)29(5)33-21-15-25-35(23-13-19-31-7,24-14-20-32-8)26-16-22-34-30(6)28(4)18-12-10-2/h1-2,5-6,13-16,19-26H2,3-4,7-8H3. The zero-order valence-corrected chi connectivity index (χ0v) is 26.7. The minimum atomic E-state index is -1.33. The number of rotatable bonds is 20. The monoisotopic (exact) mass is 560 g/mol. The van der Waals surface area contributed by atoms with E-state index < -0.39 is 8.07 Å². The molecule has 0 rings (SSSR count). The Bertz CT molecular complexity index is 832. The molecule has 0 aliphatic heterocycles. The van der Waals surface area contributed by atoms with Crippen LogP contribution in [-0.4, -0.2) is 43.6 Å². The molecule has 0 aliphatic carbocycles. The summed E-state index contributed by atoms with van der Waals surface area (Å²) in [6.45, 7) is 19.6. The van der Waals surface area contributed by atoms with Crippen LogP contribution >= 0.6 is 47.0 Å². The quantitative estimate of drug-likeness (QED) is 0.0628. The van der Waals surface area contributed by atoms with E-state index in [1.807, 2.05) is 60.9 Å². The van der Waals surface area contributed by atoms with Crippen LogP contribution < -0.4 is 0 Å². The summed E-state index contributed by atoms with van der Waals surface area (Å²) in [4.78, 5) is 2.17. The zero-order valence-electron chi connectivity index (χ0n) is 22.4. The molecule has 0 radical (unpaired) electrons. The van der Waals surface area contributed by atoms with Gasteiger partial charge in [-0.3, -0.25) is 0 Å². The molecule has 0 fully saturated rings. The Morgan fingerprint density at radius 1 is 0.629 bits per heavy atom. The van der Waals surface area contributed by atoms with Gasteiger partial charge >= 0.3 is 0 Å². The van der Waals surface area contributed by atoms with Crippen molar-refractivity contribution in [3.63, 3.8) is 0 Å². The third-order valence-corrected chi connectivity index (χ3v) is 15.2. The maximum atomic E-state index is 4.22. The number of hydrogen-bond acceptors (Lipinski definition) is 4. The molecular weight excluding hydrogens is 517 g/mol. The summed E-state index contributed by atoms with van der Waals surface area (Å²) in [6, 6.07) is 5.80. The molecule has 0 nitrogen and oxygen atoms in total. The first-order valence-electron chi connectivity index (χ1n) is 12.2. The normalized spacial score (nSPS) is 10.2. The molecule has 192 valence electrons. The first-order valence-corrected chi connectivity index (χ1v) is 19.8. The molecule has 0 amide bonds. The fourth-order valence-electron chi connectivity index (χ4n) is 3.85. The highest BCUT2D eigenvalue weighted by molar-refractivity contribution is 8.03. The first kappa shape index (κ1) is 34.3. The van der Waals surface area contributed by atoms with E-state index in [1.54, 1.807) is 0 Å². The summed E-state index contributed by atoms with van der Waals surface area (Å²) >= 11 is 7.71. The summed E-state index contributed by atoms with van der Waals surface area (Å²) in [7, 11) is -1.33. The molecule has 0 bridgehead atoms. The van der Waals surface area contributed by atoms with Crippen LogP contribution in [0.15, 0.2) is 81.7 Å². The lowest BCUT2D eigenvalue weighted by Crippen LogP contribution is -2.34. The van der Waals surface area contributed by atoms with Crippen molar-refractivity contribution in [1.82, 2.24) is 0 Å². The molecule has 0 aliphatic rings. The Labute approximate surface area is 234 Å². The van der Waals surface area contributed by atoms with Crippen LogP contribution in [0.5, 0.6) is 0 Å². The van der Waals surface area contributed by atoms with Crippen LogP contribution in [0.4, 0.5) is 0 Å². The molecule has 0 saturated heterocycles. The predicted molar refractivity (Wildman–Crippen MR) is 174 cm³/mol. The molecule has 5 heteroatoms. The molecule has 0 aromatic heterocycles. The molecule has 0 unspecified atom stereocenters. The average Bonchev–Trinajstić information content (AvgIpc) is 2.86. The van der Waals surface area contributed by atoms with Gasteiger partial charge in [-0.15, -0.1) is 23.5 Å². The van der Waals surface area contributed by atoms with Gasteiger partial charge in [0.2, 0.25) is 0 Å². The smallest absolute Gasteiger partial charge is 0.0537 e. The van der Waals surface area contributed by atoms with Gasteiger partial charge in [-0.2, -0.15) is 23.5 Å². The molecule has 0 N–H and O–H groups in total. The molecule has 0 heterocycles. The molecule has 35 heavy (non-hydrogen) atoms. The van der Waals surface area contributed by atoms with Crippen molar-refractivity contribution < 1.29 is 0 Å². The van der Waals surface area contributed by atoms with Crippen molar-refractivity contribution >= 4 is 55.1 Å². The summed E-state index contributed by atoms with van der Waals surface area (Å²) in [5, 5.41) is 0. The Hall–Kier alpha value is -0.743. The summed E-state index contributed by atoms with van der Waals surface area (Å²) in [5.74, 6) is 4.84. The highest BCUT2D eigenvalue weighted by Gasteiger charge is 2.30. The van der Waals surface area contributed by atoms with Crippen LogP contribution in [0.25, 0.3) is 0 Å². The van der Waals surface area contributed by atoms with Gasteiger partial charge in [0.15, 0.2) is 0 Å². The van der Waals surface area contributed by atoms with E-state index in [9.17, 15) is 0 Å². The second-order valence-corrected chi connectivity index (χ2v) is 17.9. The lowest BCUT2D eigenvalue weighted by atomic mass is 10.3. The third-order valence-electron chi connectivity index (χ3n) is 5.88. The first-order chi connectivity index (χ1) is 16.9. The van der Waals surface area contributed by atoms with E-state index in [0.29, 0.717) is 0 Å². The largest absolute Gasteiger partial charge is 0.165 e. The van der Waals surface area contributed by atoms with Crippen LogP contribution in [0, 0.1) is 0 Å². The van der Waals surface area contributed by atoms with Gasteiger partial charge in [-0.1, -0.05) is 60.3 Å². The van der Waals surface area contributed by atoms with Crippen molar-refractivity contribution in [2.24, 2.45) is 0 Å². The second-order valence-electron chi connectivity index (χ2n) is 8.55. The fourth-order valence-corrected chi connectivity index (χ4v) is 12.6. The Morgan fingerprint density at radius 2 is 0.971 bits per heavy atom. The van der Waals surface area contributed by atoms with Crippen molar-refractivity contribution in [2.75, 3.05) is 35.5 Å². The van der Waals surface area contributed by atoms with Gasteiger partial charge in [0.25, 0.3) is 0 Å². The Balaban J connectivity index is 5.20. The fraction of sp³-hybridized carbons (Fsp3) is 0.533. The van der Waals surface area contributed by atoms with Gasteiger partial charge in [0.1, 0.15) is 0 Å². The van der Waals surface area contributed by atoms with Gasteiger partial charge in [0.05, 0.1) is 8.07 Å². The third kappa shape index (κ3) is 17.4. The van der Waals surface area contributed by atoms with E-state index in [-0.39, 0.29) is 0 Å². The second kappa shape index (κ2) is 22.5. The summed E-state index contributed by atoms with van der Waals surface area (Å²) in [6.07, 6.45) is 9.77. The molecule has 0 spiro atoms. The lowest BCUT2D eigenvalue weighted by Gasteiger charge is -2.33. The highest BCUT2D eigenvalue weighted by Crippen LogP contribution is 2.35.